The monoisotopic (exact) mass is 403 g/mol. The van der Waals surface area contributed by atoms with Crippen LogP contribution in [0.15, 0.2) is 60.9 Å². The van der Waals surface area contributed by atoms with E-state index in [0.717, 1.165) is 35.4 Å². The third kappa shape index (κ3) is 2.72. The summed E-state index contributed by atoms with van der Waals surface area (Å²) >= 11 is 0. The summed E-state index contributed by atoms with van der Waals surface area (Å²) in [6.07, 6.45) is 6.93. The maximum atomic E-state index is 13.8. The average molecular weight is 404 g/mol. The van der Waals surface area contributed by atoms with Gasteiger partial charge in [-0.15, -0.1) is 0 Å². The molecule has 2 aliphatic heterocycles. The van der Waals surface area contributed by atoms with Crippen molar-refractivity contribution in [2.75, 3.05) is 0 Å². The van der Waals surface area contributed by atoms with E-state index >= 15 is 0 Å². The number of rotatable bonds is 4. The van der Waals surface area contributed by atoms with Gasteiger partial charge in [0.1, 0.15) is 11.6 Å². The zero-order chi connectivity index (χ0) is 20.9. The van der Waals surface area contributed by atoms with Crippen LogP contribution in [-0.2, 0) is 10.3 Å². The summed E-state index contributed by atoms with van der Waals surface area (Å²) in [4.78, 5) is 19.9. The molecule has 0 N–H and O–H groups in total. The molecule has 1 fully saturated rings. The molecule has 0 radical (unpaired) electrons. The highest BCUT2D eigenvalue weighted by atomic mass is 19.1. The topological polar surface area (TPSA) is 38.1 Å². The van der Waals surface area contributed by atoms with Gasteiger partial charge in [0.05, 0.1) is 5.54 Å². The summed E-state index contributed by atoms with van der Waals surface area (Å²) in [6, 6.07) is 15.5. The lowest BCUT2D eigenvalue weighted by atomic mass is 9.79. The molecular weight excluding hydrogens is 377 g/mol. The molecule has 0 saturated carbocycles. The zero-order valence-corrected chi connectivity index (χ0v) is 17.4. The maximum absolute atomic E-state index is 13.8. The minimum atomic E-state index is -0.571. The Hall–Kier alpha value is -2.95. The van der Waals surface area contributed by atoms with Gasteiger partial charge in [0.2, 0.25) is 5.91 Å². The molecule has 0 spiro atoms. The summed E-state index contributed by atoms with van der Waals surface area (Å²) in [5.74, 6) is 0.826. The van der Waals surface area contributed by atoms with E-state index in [1.165, 1.54) is 12.1 Å². The molecule has 2 aliphatic rings. The second-order valence-electron chi connectivity index (χ2n) is 8.61. The second-order valence-corrected chi connectivity index (χ2v) is 8.61. The number of benzene rings is 2. The molecule has 1 aromatic heterocycles. The molecule has 1 amide bonds. The largest absolute Gasteiger partial charge is 0.337 e. The Morgan fingerprint density at radius 2 is 1.80 bits per heavy atom. The van der Waals surface area contributed by atoms with Crippen molar-refractivity contribution in [3.8, 4) is 11.4 Å². The summed E-state index contributed by atoms with van der Waals surface area (Å²) in [7, 11) is 0. The lowest BCUT2D eigenvalue weighted by Gasteiger charge is -2.35. The van der Waals surface area contributed by atoms with Gasteiger partial charge in [-0.1, -0.05) is 36.4 Å². The Kier molecular flexibility index (Phi) is 4.49. The van der Waals surface area contributed by atoms with E-state index in [2.05, 4.69) is 35.5 Å². The van der Waals surface area contributed by atoms with Crippen LogP contribution < -0.4 is 0 Å². The predicted molar refractivity (Wildman–Crippen MR) is 114 cm³/mol. The Balaban J connectivity index is 1.59. The van der Waals surface area contributed by atoms with Crippen LogP contribution in [0.4, 0.5) is 4.39 Å². The lowest BCUT2D eigenvalue weighted by Crippen LogP contribution is -2.40. The van der Waals surface area contributed by atoms with Gasteiger partial charge < -0.3 is 9.47 Å². The molecule has 5 rings (SSSR count). The highest BCUT2D eigenvalue weighted by Gasteiger charge is 2.45. The van der Waals surface area contributed by atoms with Crippen molar-refractivity contribution < 1.29 is 9.18 Å². The third-order valence-electron chi connectivity index (χ3n) is 6.93. The fourth-order valence-corrected chi connectivity index (χ4v) is 5.50. The van der Waals surface area contributed by atoms with Gasteiger partial charge in [-0.3, -0.25) is 4.79 Å². The molecule has 2 aromatic carbocycles. The number of likely N-dealkylation sites (tertiary alicyclic amines) is 1. The van der Waals surface area contributed by atoms with Crippen LogP contribution in [0.1, 0.15) is 50.7 Å². The minimum Gasteiger partial charge on any atom is -0.337 e. The van der Waals surface area contributed by atoms with Crippen molar-refractivity contribution >= 4 is 5.91 Å². The van der Waals surface area contributed by atoms with Crippen LogP contribution in [0.5, 0.6) is 0 Å². The number of hydrogen-bond donors (Lipinski definition) is 0. The first-order valence-electron chi connectivity index (χ1n) is 10.7. The predicted octanol–water partition coefficient (Wildman–Crippen LogP) is 4.97. The highest BCUT2D eigenvalue weighted by Crippen LogP contribution is 2.49. The van der Waals surface area contributed by atoms with Gasteiger partial charge >= 0.3 is 0 Å². The number of halogens is 1. The van der Waals surface area contributed by atoms with Crippen molar-refractivity contribution in [1.82, 2.24) is 14.5 Å². The number of fused-ring (bicyclic) bond motifs is 3. The highest BCUT2D eigenvalue weighted by molar-refractivity contribution is 5.78. The van der Waals surface area contributed by atoms with Crippen LogP contribution >= 0.6 is 0 Å². The molecule has 154 valence electrons. The van der Waals surface area contributed by atoms with Crippen molar-refractivity contribution in [2.45, 2.75) is 57.2 Å². The number of amides is 1. The first-order chi connectivity index (χ1) is 14.5. The molecule has 3 heterocycles. The number of hydrogen-bond acceptors (Lipinski definition) is 2. The van der Waals surface area contributed by atoms with Crippen LogP contribution in [0.2, 0.25) is 0 Å². The second kappa shape index (κ2) is 7.08. The summed E-state index contributed by atoms with van der Waals surface area (Å²) in [5, 5.41) is 0. The van der Waals surface area contributed by atoms with E-state index in [1.54, 1.807) is 6.20 Å². The van der Waals surface area contributed by atoms with Crippen LogP contribution in [0.3, 0.4) is 0 Å². The Labute approximate surface area is 176 Å². The molecule has 1 saturated heterocycles. The molecular formula is C25H26FN3O. The molecule has 3 unspecified atom stereocenters. The summed E-state index contributed by atoms with van der Waals surface area (Å²) in [5.41, 5.74) is 2.60. The van der Waals surface area contributed by atoms with Gasteiger partial charge in [-0.05, 0) is 56.4 Å². The van der Waals surface area contributed by atoms with Gasteiger partial charge in [-0.2, -0.15) is 0 Å². The smallest absolute Gasteiger partial charge is 0.223 e. The first-order valence-corrected chi connectivity index (χ1v) is 10.7. The van der Waals surface area contributed by atoms with Crippen molar-refractivity contribution in [3.05, 3.63) is 77.9 Å². The number of nitrogens with zero attached hydrogens (tertiary/aromatic N) is 3. The average Bonchev–Trinajstić information content (AvgIpc) is 3.42. The standard InChI is InChI=1S/C25H26FN3O/c1-17-7-8-18(2)29(17)23(30)13-14-25(19-9-11-20(26)12-10-19)22-6-4-3-5-21(22)24-27-15-16-28(24)25/h3-6,9-12,15-18H,7-8,13-14H2,1-2H3. The van der Waals surface area contributed by atoms with E-state index in [1.807, 2.05) is 35.4 Å². The molecule has 5 heteroatoms. The number of carbonyl (C=O) groups excluding carboxylic acids is 1. The molecule has 0 aliphatic carbocycles. The van der Waals surface area contributed by atoms with Crippen LogP contribution in [0.25, 0.3) is 11.4 Å². The fourth-order valence-electron chi connectivity index (χ4n) is 5.50. The maximum Gasteiger partial charge on any atom is 0.223 e. The van der Waals surface area contributed by atoms with Gasteiger partial charge in [-0.25, -0.2) is 9.37 Å². The summed E-state index contributed by atoms with van der Waals surface area (Å²) < 4.78 is 15.9. The minimum absolute atomic E-state index is 0.194. The SMILES string of the molecule is CC1CCC(C)N1C(=O)CCC1(c2ccc(F)cc2)c2ccccc2-c2nccn21. The molecule has 0 bridgehead atoms. The number of aromatic nitrogens is 2. The van der Waals surface area contributed by atoms with E-state index in [9.17, 15) is 9.18 Å². The number of imidazole rings is 1. The van der Waals surface area contributed by atoms with Crippen LogP contribution in [0, 0.1) is 5.82 Å². The zero-order valence-electron chi connectivity index (χ0n) is 17.4. The molecule has 4 nitrogen and oxygen atoms in total. The van der Waals surface area contributed by atoms with Crippen LogP contribution in [-0.4, -0.2) is 32.4 Å². The Bertz CT molecular complexity index is 1080. The van der Waals surface area contributed by atoms with Gasteiger partial charge in [0.25, 0.3) is 0 Å². The normalized spacial score (nSPS) is 24.7. The quantitative estimate of drug-likeness (QED) is 0.617. The molecule has 3 aromatic rings. The van der Waals surface area contributed by atoms with Crippen molar-refractivity contribution in [2.24, 2.45) is 0 Å². The van der Waals surface area contributed by atoms with Crippen molar-refractivity contribution in [1.29, 1.82) is 0 Å². The third-order valence-corrected chi connectivity index (χ3v) is 6.93. The van der Waals surface area contributed by atoms with E-state index in [-0.39, 0.29) is 23.8 Å². The van der Waals surface area contributed by atoms with E-state index < -0.39 is 5.54 Å². The summed E-state index contributed by atoms with van der Waals surface area (Å²) in [6.45, 7) is 4.27. The molecule has 30 heavy (non-hydrogen) atoms. The van der Waals surface area contributed by atoms with E-state index in [0.29, 0.717) is 12.8 Å². The Morgan fingerprint density at radius 3 is 2.53 bits per heavy atom. The molecule has 3 atom stereocenters. The lowest BCUT2D eigenvalue weighted by molar-refractivity contribution is -0.133. The van der Waals surface area contributed by atoms with E-state index in [4.69, 9.17) is 0 Å². The fraction of sp³-hybridized carbons (Fsp3) is 0.360. The van der Waals surface area contributed by atoms with Crippen molar-refractivity contribution in [3.63, 3.8) is 0 Å². The van der Waals surface area contributed by atoms with Gasteiger partial charge in [0, 0.05) is 36.5 Å². The van der Waals surface area contributed by atoms with Gasteiger partial charge in [0.15, 0.2) is 0 Å². The first kappa shape index (κ1) is 19.0. The Morgan fingerprint density at radius 1 is 1.10 bits per heavy atom. The number of carbonyl (C=O) groups is 1.